The molecule has 2 heterocycles. The number of urea groups is 1. The van der Waals surface area contributed by atoms with Crippen molar-refractivity contribution in [1.29, 1.82) is 0 Å². The van der Waals surface area contributed by atoms with Gasteiger partial charge in [-0.15, -0.1) is 0 Å². The first kappa shape index (κ1) is 20.9. The number of hydrogen-bond acceptors (Lipinski definition) is 5. The average molecular weight is 399 g/mol. The van der Waals surface area contributed by atoms with E-state index in [0.717, 1.165) is 22.2 Å². The number of nitrogen functional groups attached to an aromatic ring is 1. The Balaban J connectivity index is 2.13. The van der Waals surface area contributed by atoms with Crippen LogP contribution in [0.2, 0.25) is 0 Å². The van der Waals surface area contributed by atoms with Crippen molar-refractivity contribution < 1.29 is 9.53 Å². The molecule has 0 radical (unpaired) electrons. The molecule has 0 fully saturated rings. The van der Waals surface area contributed by atoms with E-state index in [4.69, 9.17) is 15.5 Å². The molecule has 0 aliphatic rings. The predicted molar refractivity (Wildman–Crippen MR) is 116 cm³/mol. The number of aromatic nitrogens is 3. The number of nitrogens with two attached hydrogens (primary N) is 1. The third-order valence-electron chi connectivity index (χ3n) is 4.73. The van der Waals surface area contributed by atoms with E-state index in [1.54, 1.807) is 0 Å². The summed E-state index contributed by atoms with van der Waals surface area (Å²) in [5.74, 6) is 1.14. The van der Waals surface area contributed by atoms with Crippen LogP contribution in [0.25, 0.3) is 21.9 Å². The number of para-hydroxylation sites is 1. The lowest BCUT2D eigenvalue weighted by molar-refractivity contribution is 0.121. The Kier molecular flexibility index (Phi) is 5.93. The molecule has 8 nitrogen and oxygen atoms in total. The number of carbonyl (C=O) groups is 1. The van der Waals surface area contributed by atoms with Crippen molar-refractivity contribution in [2.75, 3.05) is 18.9 Å². The van der Waals surface area contributed by atoms with Crippen LogP contribution in [0.4, 0.5) is 10.6 Å². The first-order valence-electron chi connectivity index (χ1n) is 9.92. The Morgan fingerprint density at radius 3 is 2.69 bits per heavy atom. The Labute approximate surface area is 170 Å². The summed E-state index contributed by atoms with van der Waals surface area (Å²) in [6, 6.07) is 7.73. The van der Waals surface area contributed by atoms with E-state index in [9.17, 15) is 4.79 Å². The number of carbonyl (C=O) groups excluding carboxylic acids is 1. The molecule has 3 aromatic rings. The van der Waals surface area contributed by atoms with Crippen molar-refractivity contribution >= 4 is 33.8 Å². The highest BCUT2D eigenvalue weighted by Gasteiger charge is 2.29. The van der Waals surface area contributed by atoms with E-state index in [1.165, 1.54) is 0 Å². The average Bonchev–Trinajstić information content (AvgIpc) is 3.06. The lowest BCUT2D eigenvalue weighted by atomic mass is 10.0. The molecule has 4 N–H and O–H groups in total. The Morgan fingerprint density at radius 1 is 1.28 bits per heavy atom. The summed E-state index contributed by atoms with van der Waals surface area (Å²) in [7, 11) is 0. The van der Waals surface area contributed by atoms with Gasteiger partial charge >= 0.3 is 6.03 Å². The highest BCUT2D eigenvalue weighted by atomic mass is 16.5. The minimum absolute atomic E-state index is 0.0653. The van der Waals surface area contributed by atoms with E-state index < -0.39 is 5.54 Å². The molecule has 156 valence electrons. The summed E-state index contributed by atoms with van der Waals surface area (Å²) < 4.78 is 7.79. The molecule has 2 amide bonds. The van der Waals surface area contributed by atoms with Gasteiger partial charge in [0.2, 0.25) is 0 Å². The number of imidazole rings is 1. The van der Waals surface area contributed by atoms with Gasteiger partial charge in [0, 0.05) is 24.6 Å². The van der Waals surface area contributed by atoms with Crippen molar-refractivity contribution in [3.8, 4) is 0 Å². The molecule has 0 saturated carbocycles. The normalized spacial score (nSPS) is 12.1. The number of pyridine rings is 1. The number of anilines is 1. The number of nitrogens with zero attached hydrogens (tertiary/aromatic N) is 3. The Morgan fingerprint density at radius 2 is 2.00 bits per heavy atom. The van der Waals surface area contributed by atoms with Gasteiger partial charge in [0.15, 0.2) is 5.82 Å². The SMILES string of the molecule is CCOCc1nc2c(N)nc3ccccc3c2n1C(C)(C)CNC(=O)NC(C)C. The molecule has 2 aromatic heterocycles. The summed E-state index contributed by atoms with van der Waals surface area (Å²) in [6.07, 6.45) is 0. The fourth-order valence-corrected chi connectivity index (χ4v) is 3.48. The van der Waals surface area contributed by atoms with Crippen LogP contribution in [0.15, 0.2) is 24.3 Å². The van der Waals surface area contributed by atoms with Gasteiger partial charge < -0.3 is 25.7 Å². The van der Waals surface area contributed by atoms with Gasteiger partial charge in [-0.25, -0.2) is 14.8 Å². The lowest BCUT2D eigenvalue weighted by Crippen LogP contribution is -2.46. The van der Waals surface area contributed by atoms with Gasteiger partial charge in [0.25, 0.3) is 0 Å². The maximum absolute atomic E-state index is 12.2. The van der Waals surface area contributed by atoms with Gasteiger partial charge in [-0.3, -0.25) is 0 Å². The van der Waals surface area contributed by atoms with Gasteiger partial charge in [0.1, 0.15) is 17.9 Å². The minimum atomic E-state index is -0.480. The second-order valence-corrected chi connectivity index (χ2v) is 8.01. The Hall–Kier alpha value is -2.87. The largest absolute Gasteiger partial charge is 0.382 e. The number of nitrogens with one attached hydrogen (secondary N) is 2. The van der Waals surface area contributed by atoms with Crippen LogP contribution in [0.3, 0.4) is 0 Å². The monoisotopic (exact) mass is 398 g/mol. The molecule has 1 aromatic carbocycles. The van der Waals surface area contributed by atoms with Crippen LogP contribution in [-0.4, -0.2) is 39.8 Å². The van der Waals surface area contributed by atoms with Gasteiger partial charge in [-0.1, -0.05) is 18.2 Å². The molecule has 0 saturated heterocycles. The van der Waals surface area contributed by atoms with E-state index in [1.807, 2.05) is 45.0 Å². The van der Waals surface area contributed by atoms with Gasteiger partial charge in [0.05, 0.1) is 16.6 Å². The lowest BCUT2D eigenvalue weighted by Gasteiger charge is -2.30. The van der Waals surface area contributed by atoms with Crippen molar-refractivity contribution in [2.24, 2.45) is 0 Å². The molecule has 29 heavy (non-hydrogen) atoms. The quantitative estimate of drug-likeness (QED) is 0.567. The standard InChI is InChI=1S/C21H30N6O2/c1-6-29-11-16-26-17-18(14-9-7-8-10-15(14)25-19(17)22)27(16)21(4,5)12-23-20(28)24-13(2)3/h7-10,13H,6,11-12H2,1-5H3,(H2,22,25)(H2,23,24,28). The number of fused-ring (bicyclic) bond motifs is 3. The second-order valence-electron chi connectivity index (χ2n) is 8.01. The first-order valence-corrected chi connectivity index (χ1v) is 9.92. The first-order chi connectivity index (χ1) is 13.7. The molecule has 0 atom stereocenters. The highest BCUT2D eigenvalue weighted by molar-refractivity contribution is 6.06. The van der Waals surface area contributed by atoms with Crippen molar-refractivity contribution in [3.63, 3.8) is 0 Å². The Bertz CT molecular complexity index is 1020. The third-order valence-corrected chi connectivity index (χ3v) is 4.73. The third kappa shape index (κ3) is 4.27. The summed E-state index contributed by atoms with van der Waals surface area (Å²) in [4.78, 5) is 21.4. The number of benzene rings is 1. The summed E-state index contributed by atoms with van der Waals surface area (Å²) in [5, 5.41) is 6.79. The number of hydrogen-bond donors (Lipinski definition) is 3. The molecule has 0 unspecified atom stereocenters. The summed E-state index contributed by atoms with van der Waals surface area (Å²) >= 11 is 0. The maximum atomic E-state index is 12.2. The van der Waals surface area contributed by atoms with Crippen molar-refractivity contribution in [1.82, 2.24) is 25.2 Å². The zero-order chi connectivity index (χ0) is 21.2. The van der Waals surface area contributed by atoms with Gasteiger partial charge in [-0.2, -0.15) is 0 Å². The fourth-order valence-electron chi connectivity index (χ4n) is 3.48. The summed E-state index contributed by atoms with van der Waals surface area (Å²) in [5.41, 5.74) is 8.13. The van der Waals surface area contributed by atoms with Crippen molar-refractivity contribution in [2.45, 2.75) is 52.8 Å². The van der Waals surface area contributed by atoms with E-state index in [2.05, 4.69) is 34.0 Å². The maximum Gasteiger partial charge on any atom is 0.315 e. The number of rotatable bonds is 7. The molecule has 0 aliphatic carbocycles. The molecular formula is C21H30N6O2. The zero-order valence-electron chi connectivity index (χ0n) is 17.7. The smallest absolute Gasteiger partial charge is 0.315 e. The van der Waals surface area contributed by atoms with Crippen molar-refractivity contribution in [3.05, 3.63) is 30.1 Å². The topological polar surface area (TPSA) is 107 Å². The molecule has 0 aliphatic heterocycles. The van der Waals surface area contributed by atoms with Crippen LogP contribution in [0, 0.1) is 0 Å². The van der Waals surface area contributed by atoms with E-state index in [-0.39, 0.29) is 12.1 Å². The molecule has 0 bridgehead atoms. The zero-order valence-corrected chi connectivity index (χ0v) is 17.7. The van der Waals surface area contributed by atoms with Crippen LogP contribution >= 0.6 is 0 Å². The number of amides is 2. The van der Waals surface area contributed by atoms with Gasteiger partial charge in [-0.05, 0) is 40.7 Å². The number of ether oxygens (including phenoxy) is 1. The van der Waals surface area contributed by atoms with Crippen LogP contribution in [0.1, 0.15) is 40.4 Å². The fraction of sp³-hybridized carbons (Fsp3) is 0.476. The van der Waals surface area contributed by atoms with E-state index >= 15 is 0 Å². The minimum Gasteiger partial charge on any atom is -0.382 e. The molecule has 0 spiro atoms. The van der Waals surface area contributed by atoms with Crippen LogP contribution in [-0.2, 0) is 16.9 Å². The van der Waals surface area contributed by atoms with Crippen LogP contribution < -0.4 is 16.4 Å². The molecule has 3 rings (SSSR count). The summed E-state index contributed by atoms with van der Waals surface area (Å²) in [6.45, 7) is 11.3. The molecular weight excluding hydrogens is 368 g/mol. The molecule has 8 heteroatoms. The second kappa shape index (κ2) is 8.24. The van der Waals surface area contributed by atoms with E-state index in [0.29, 0.717) is 31.1 Å². The highest BCUT2D eigenvalue weighted by Crippen LogP contribution is 2.33. The predicted octanol–water partition coefficient (Wildman–Crippen LogP) is 3.15. The van der Waals surface area contributed by atoms with Crippen LogP contribution in [0.5, 0.6) is 0 Å².